The molecule has 0 bridgehead atoms. The molecule has 2 aromatic rings. The third-order valence-corrected chi connectivity index (χ3v) is 6.86. The second-order valence-corrected chi connectivity index (χ2v) is 10.4. The van der Waals surface area contributed by atoms with E-state index in [9.17, 15) is 18.3 Å². The first-order valence-electron chi connectivity index (χ1n) is 10.5. The maximum absolute atomic E-state index is 13.3. The summed E-state index contributed by atoms with van der Waals surface area (Å²) in [5.41, 5.74) is 2.28. The third-order valence-electron chi connectivity index (χ3n) is 5.01. The Kier molecular flexibility index (Phi) is 8.96. The zero-order valence-corrected chi connectivity index (χ0v) is 19.8. The van der Waals surface area contributed by atoms with Crippen LogP contribution in [0.5, 0.6) is 0 Å². The van der Waals surface area contributed by atoms with Crippen molar-refractivity contribution < 1.29 is 18.3 Å². The quantitative estimate of drug-likeness (QED) is 0.570. The zero-order valence-electron chi connectivity index (χ0n) is 18.9. The molecule has 7 nitrogen and oxygen atoms in total. The van der Waals surface area contributed by atoms with Gasteiger partial charge in [-0.2, -0.15) is 9.57 Å². The van der Waals surface area contributed by atoms with Crippen LogP contribution in [0.4, 0.5) is 0 Å². The highest BCUT2D eigenvalue weighted by molar-refractivity contribution is 7.89. The second kappa shape index (κ2) is 11.2. The molecule has 0 aliphatic rings. The van der Waals surface area contributed by atoms with Gasteiger partial charge in [-0.05, 0) is 49.1 Å². The number of sulfonamides is 1. The highest BCUT2D eigenvalue weighted by Gasteiger charge is 2.31. The minimum atomic E-state index is -3.83. The maximum atomic E-state index is 13.3. The standard InChI is InChI=1S/C24H31N3O4S/c1-17(2)15-27(32(30,31)22-11-5-18(3)6-12-22)16-24(29)23(26-19(4)28)13-20-7-9-21(14-25)10-8-20/h5-12,17,23-24,29H,13,15-16H2,1-4H3,(H,26,28)/t23?,24-/m1/s1. The summed E-state index contributed by atoms with van der Waals surface area (Å²) in [5, 5.41) is 22.7. The highest BCUT2D eigenvalue weighted by atomic mass is 32.2. The van der Waals surface area contributed by atoms with Crippen LogP contribution in [-0.4, -0.2) is 49.0 Å². The largest absolute Gasteiger partial charge is 0.390 e. The predicted octanol–water partition coefficient (Wildman–Crippen LogP) is 2.62. The van der Waals surface area contributed by atoms with Gasteiger partial charge in [0.25, 0.3) is 0 Å². The number of aliphatic hydroxyl groups is 1. The van der Waals surface area contributed by atoms with Crippen LogP contribution in [0, 0.1) is 24.2 Å². The fraction of sp³-hybridized carbons (Fsp3) is 0.417. The van der Waals surface area contributed by atoms with E-state index in [1.54, 1.807) is 48.5 Å². The van der Waals surface area contributed by atoms with Gasteiger partial charge < -0.3 is 10.4 Å². The number of nitrogens with one attached hydrogen (secondary N) is 1. The van der Waals surface area contributed by atoms with Gasteiger partial charge in [-0.1, -0.05) is 43.7 Å². The van der Waals surface area contributed by atoms with Crippen LogP contribution in [0.3, 0.4) is 0 Å². The Morgan fingerprint density at radius 3 is 2.19 bits per heavy atom. The minimum absolute atomic E-state index is 0.0418. The van der Waals surface area contributed by atoms with E-state index >= 15 is 0 Å². The Morgan fingerprint density at radius 1 is 1.09 bits per heavy atom. The summed E-state index contributed by atoms with van der Waals surface area (Å²) >= 11 is 0. The fourth-order valence-corrected chi connectivity index (χ4v) is 5.01. The van der Waals surface area contributed by atoms with E-state index in [-0.39, 0.29) is 29.8 Å². The van der Waals surface area contributed by atoms with Crippen molar-refractivity contribution in [1.29, 1.82) is 5.26 Å². The number of carbonyl (C=O) groups is 1. The number of rotatable bonds is 10. The summed E-state index contributed by atoms with van der Waals surface area (Å²) in [5.74, 6) is -0.278. The monoisotopic (exact) mass is 457 g/mol. The number of hydrogen-bond donors (Lipinski definition) is 2. The van der Waals surface area contributed by atoms with Crippen LogP contribution >= 0.6 is 0 Å². The number of hydrogen-bond acceptors (Lipinski definition) is 5. The van der Waals surface area contributed by atoms with Crippen molar-refractivity contribution in [3.8, 4) is 6.07 Å². The van der Waals surface area contributed by atoms with Gasteiger partial charge >= 0.3 is 0 Å². The minimum Gasteiger partial charge on any atom is -0.390 e. The summed E-state index contributed by atoms with van der Waals surface area (Å²) in [4.78, 5) is 11.9. The number of amides is 1. The molecule has 1 unspecified atom stereocenters. The number of nitriles is 1. The Labute approximate surface area is 190 Å². The lowest BCUT2D eigenvalue weighted by atomic mass is 10.00. The van der Waals surface area contributed by atoms with E-state index in [0.29, 0.717) is 12.0 Å². The number of nitrogens with zero attached hydrogens (tertiary/aromatic N) is 2. The Hall–Kier alpha value is -2.73. The van der Waals surface area contributed by atoms with Gasteiger partial charge in [0.15, 0.2) is 0 Å². The molecule has 0 heterocycles. The van der Waals surface area contributed by atoms with E-state index in [1.165, 1.54) is 11.2 Å². The number of aryl methyl sites for hydroxylation is 1. The molecular weight excluding hydrogens is 426 g/mol. The van der Waals surface area contributed by atoms with Crippen molar-refractivity contribution in [2.75, 3.05) is 13.1 Å². The summed E-state index contributed by atoms with van der Waals surface area (Å²) in [6.45, 7) is 7.13. The average Bonchev–Trinajstić information content (AvgIpc) is 2.73. The predicted molar refractivity (Wildman–Crippen MR) is 123 cm³/mol. The molecule has 0 fully saturated rings. The molecule has 0 aliphatic carbocycles. The number of aliphatic hydroxyl groups excluding tert-OH is 1. The molecule has 2 atom stereocenters. The van der Waals surface area contributed by atoms with E-state index in [0.717, 1.165) is 11.1 Å². The molecule has 0 spiro atoms. The molecule has 0 saturated carbocycles. The molecule has 8 heteroatoms. The molecule has 0 radical (unpaired) electrons. The Bertz CT molecular complexity index is 1040. The summed E-state index contributed by atoms with van der Waals surface area (Å²) in [7, 11) is -3.83. The first-order chi connectivity index (χ1) is 15.0. The number of carbonyl (C=O) groups excluding carboxylic acids is 1. The Morgan fingerprint density at radius 2 is 1.69 bits per heavy atom. The van der Waals surface area contributed by atoms with Crippen LogP contribution in [0.25, 0.3) is 0 Å². The lowest BCUT2D eigenvalue weighted by molar-refractivity contribution is -0.120. The molecule has 0 aromatic heterocycles. The van der Waals surface area contributed by atoms with Gasteiger partial charge in [-0.3, -0.25) is 4.79 Å². The van der Waals surface area contributed by atoms with E-state index < -0.39 is 22.2 Å². The first-order valence-corrected chi connectivity index (χ1v) is 12.0. The van der Waals surface area contributed by atoms with Gasteiger partial charge in [-0.15, -0.1) is 0 Å². The molecule has 2 N–H and O–H groups in total. The smallest absolute Gasteiger partial charge is 0.243 e. The molecule has 2 aromatic carbocycles. The average molecular weight is 458 g/mol. The molecule has 172 valence electrons. The van der Waals surface area contributed by atoms with Crippen LogP contribution < -0.4 is 5.32 Å². The third kappa shape index (κ3) is 7.16. The fourth-order valence-electron chi connectivity index (χ4n) is 3.39. The highest BCUT2D eigenvalue weighted by Crippen LogP contribution is 2.19. The molecule has 0 aliphatic heterocycles. The second-order valence-electron chi connectivity index (χ2n) is 8.42. The van der Waals surface area contributed by atoms with Crippen LogP contribution in [-0.2, 0) is 21.2 Å². The van der Waals surface area contributed by atoms with Crippen molar-refractivity contribution in [3.05, 3.63) is 65.2 Å². The first kappa shape index (κ1) is 25.5. The van der Waals surface area contributed by atoms with Crippen LogP contribution in [0.1, 0.15) is 37.5 Å². The van der Waals surface area contributed by atoms with Gasteiger partial charge in [0.05, 0.1) is 28.7 Å². The summed E-state index contributed by atoms with van der Waals surface area (Å²) in [6, 6.07) is 14.8. The SMILES string of the molecule is CC(=O)NC(Cc1ccc(C#N)cc1)[C@H](O)CN(CC(C)C)S(=O)(=O)c1ccc(C)cc1. The van der Waals surface area contributed by atoms with Gasteiger partial charge in [0, 0.05) is 20.0 Å². The topological polar surface area (TPSA) is 110 Å². The Balaban J connectivity index is 2.28. The molecule has 2 rings (SSSR count). The maximum Gasteiger partial charge on any atom is 0.243 e. The van der Waals surface area contributed by atoms with Crippen LogP contribution in [0.15, 0.2) is 53.4 Å². The van der Waals surface area contributed by atoms with Crippen molar-refractivity contribution in [2.24, 2.45) is 5.92 Å². The van der Waals surface area contributed by atoms with Crippen molar-refractivity contribution in [1.82, 2.24) is 9.62 Å². The van der Waals surface area contributed by atoms with Crippen molar-refractivity contribution in [2.45, 2.75) is 51.2 Å². The van der Waals surface area contributed by atoms with Crippen LogP contribution in [0.2, 0.25) is 0 Å². The van der Waals surface area contributed by atoms with Gasteiger partial charge in [-0.25, -0.2) is 8.42 Å². The molecular formula is C24H31N3O4S. The van der Waals surface area contributed by atoms with Gasteiger partial charge in [0.2, 0.25) is 15.9 Å². The summed E-state index contributed by atoms with van der Waals surface area (Å²) in [6.07, 6.45) is -0.833. The summed E-state index contributed by atoms with van der Waals surface area (Å²) < 4.78 is 27.8. The van der Waals surface area contributed by atoms with Gasteiger partial charge in [0.1, 0.15) is 0 Å². The van der Waals surface area contributed by atoms with E-state index in [4.69, 9.17) is 5.26 Å². The number of benzene rings is 2. The van der Waals surface area contributed by atoms with Crippen molar-refractivity contribution >= 4 is 15.9 Å². The lowest BCUT2D eigenvalue weighted by Gasteiger charge is -2.30. The molecule has 0 saturated heterocycles. The van der Waals surface area contributed by atoms with Crippen molar-refractivity contribution in [3.63, 3.8) is 0 Å². The van der Waals surface area contributed by atoms with E-state index in [2.05, 4.69) is 5.32 Å². The lowest BCUT2D eigenvalue weighted by Crippen LogP contribution is -2.50. The normalized spacial score (nSPS) is 13.6. The zero-order chi connectivity index (χ0) is 23.9. The molecule has 1 amide bonds. The molecule has 32 heavy (non-hydrogen) atoms. The van der Waals surface area contributed by atoms with E-state index in [1.807, 2.05) is 26.8 Å².